The van der Waals surface area contributed by atoms with Crippen LogP contribution in [0, 0.1) is 0 Å². The third-order valence-corrected chi connectivity index (χ3v) is 4.02. The molecule has 0 atom stereocenters. The van der Waals surface area contributed by atoms with Crippen molar-refractivity contribution in [2.24, 2.45) is 5.73 Å². The van der Waals surface area contributed by atoms with Gasteiger partial charge in [-0.25, -0.2) is 0 Å². The standard InChI is InChI=1S/C16H18N2O/c17-16(9-4-10-16)15(19)18-11-13-7-3-6-12-5-1-2-8-14(12)13/h1-3,5-8H,4,9-11,17H2,(H,18,19). The first-order valence-corrected chi connectivity index (χ1v) is 6.73. The minimum absolute atomic E-state index is 0.0216. The minimum Gasteiger partial charge on any atom is -0.350 e. The number of carbonyl (C=O) groups excluding carboxylic acids is 1. The van der Waals surface area contributed by atoms with Gasteiger partial charge in [0.1, 0.15) is 0 Å². The fourth-order valence-electron chi connectivity index (χ4n) is 2.58. The Morgan fingerprint density at radius 3 is 2.63 bits per heavy atom. The lowest BCUT2D eigenvalue weighted by atomic mass is 9.77. The zero-order valence-corrected chi connectivity index (χ0v) is 10.9. The summed E-state index contributed by atoms with van der Waals surface area (Å²) in [5, 5.41) is 5.35. The molecule has 19 heavy (non-hydrogen) atoms. The van der Waals surface area contributed by atoms with Crippen molar-refractivity contribution in [3.05, 3.63) is 48.0 Å². The zero-order valence-electron chi connectivity index (χ0n) is 10.9. The summed E-state index contributed by atoms with van der Waals surface area (Å²) in [7, 11) is 0. The predicted molar refractivity (Wildman–Crippen MR) is 76.6 cm³/mol. The van der Waals surface area contributed by atoms with Crippen molar-refractivity contribution in [1.29, 1.82) is 0 Å². The third-order valence-electron chi connectivity index (χ3n) is 4.02. The van der Waals surface area contributed by atoms with Gasteiger partial charge in [0.2, 0.25) is 5.91 Å². The Morgan fingerprint density at radius 1 is 1.16 bits per heavy atom. The second kappa shape index (κ2) is 4.67. The Kier molecular flexibility index (Phi) is 2.99. The number of hydrogen-bond acceptors (Lipinski definition) is 2. The van der Waals surface area contributed by atoms with Gasteiger partial charge < -0.3 is 11.1 Å². The molecule has 1 amide bonds. The number of nitrogens with two attached hydrogens (primary N) is 1. The zero-order chi connectivity index (χ0) is 13.3. The first-order valence-electron chi connectivity index (χ1n) is 6.73. The van der Waals surface area contributed by atoms with Crippen LogP contribution in [0.1, 0.15) is 24.8 Å². The molecule has 0 saturated heterocycles. The highest BCUT2D eigenvalue weighted by Crippen LogP contribution is 2.29. The van der Waals surface area contributed by atoms with Gasteiger partial charge in [-0.1, -0.05) is 42.5 Å². The maximum atomic E-state index is 12.0. The Balaban J connectivity index is 1.77. The monoisotopic (exact) mass is 254 g/mol. The van der Waals surface area contributed by atoms with Crippen LogP contribution in [-0.2, 0) is 11.3 Å². The van der Waals surface area contributed by atoms with E-state index in [9.17, 15) is 4.79 Å². The molecule has 0 aliphatic heterocycles. The van der Waals surface area contributed by atoms with Crippen LogP contribution in [-0.4, -0.2) is 11.4 Å². The summed E-state index contributed by atoms with van der Waals surface area (Å²) in [6, 6.07) is 14.3. The summed E-state index contributed by atoms with van der Waals surface area (Å²) in [5.74, 6) is -0.0216. The molecule has 98 valence electrons. The molecule has 0 heterocycles. The van der Waals surface area contributed by atoms with Crippen LogP contribution in [0.2, 0.25) is 0 Å². The van der Waals surface area contributed by atoms with Crippen LogP contribution in [0.25, 0.3) is 10.8 Å². The quantitative estimate of drug-likeness (QED) is 0.883. The van der Waals surface area contributed by atoms with Crippen LogP contribution in [0.15, 0.2) is 42.5 Å². The van der Waals surface area contributed by atoms with E-state index in [2.05, 4.69) is 23.5 Å². The Bertz CT molecular complexity index is 612. The summed E-state index contributed by atoms with van der Waals surface area (Å²) >= 11 is 0. The highest BCUT2D eigenvalue weighted by molar-refractivity contribution is 5.88. The molecule has 0 aromatic heterocycles. The van der Waals surface area contributed by atoms with Gasteiger partial charge in [-0.2, -0.15) is 0 Å². The van der Waals surface area contributed by atoms with Gasteiger partial charge in [-0.05, 0) is 35.6 Å². The normalized spacial score (nSPS) is 16.9. The number of amides is 1. The Morgan fingerprint density at radius 2 is 1.89 bits per heavy atom. The second-order valence-electron chi connectivity index (χ2n) is 5.33. The average Bonchev–Trinajstić information content (AvgIpc) is 2.42. The molecule has 3 nitrogen and oxygen atoms in total. The molecule has 0 radical (unpaired) electrons. The molecule has 3 heteroatoms. The van der Waals surface area contributed by atoms with Crippen molar-refractivity contribution in [3.8, 4) is 0 Å². The molecule has 2 aromatic carbocycles. The lowest BCUT2D eigenvalue weighted by Crippen LogP contribution is -2.58. The molecule has 0 spiro atoms. The number of carbonyl (C=O) groups is 1. The number of benzene rings is 2. The smallest absolute Gasteiger partial charge is 0.240 e. The summed E-state index contributed by atoms with van der Waals surface area (Å²) in [5.41, 5.74) is 6.52. The van der Waals surface area contributed by atoms with E-state index in [1.54, 1.807) is 0 Å². The minimum atomic E-state index is -0.620. The number of hydrogen-bond donors (Lipinski definition) is 2. The highest BCUT2D eigenvalue weighted by Gasteiger charge is 2.39. The van der Waals surface area contributed by atoms with E-state index in [1.165, 1.54) is 10.8 Å². The van der Waals surface area contributed by atoms with Crippen molar-refractivity contribution in [2.75, 3.05) is 0 Å². The van der Waals surface area contributed by atoms with E-state index < -0.39 is 5.54 Å². The molecule has 1 saturated carbocycles. The van der Waals surface area contributed by atoms with Crippen LogP contribution in [0.3, 0.4) is 0 Å². The van der Waals surface area contributed by atoms with Gasteiger partial charge >= 0.3 is 0 Å². The molecule has 2 aromatic rings. The molecule has 0 bridgehead atoms. The van der Waals surface area contributed by atoms with Crippen LogP contribution >= 0.6 is 0 Å². The lowest BCUT2D eigenvalue weighted by Gasteiger charge is -2.36. The van der Waals surface area contributed by atoms with Gasteiger partial charge in [0, 0.05) is 6.54 Å². The Labute approximate surface area is 112 Å². The lowest BCUT2D eigenvalue weighted by molar-refractivity contribution is -0.129. The summed E-state index contributed by atoms with van der Waals surface area (Å²) in [4.78, 5) is 12.0. The van der Waals surface area contributed by atoms with E-state index in [1.807, 2.05) is 24.3 Å². The summed E-state index contributed by atoms with van der Waals surface area (Å²) < 4.78 is 0. The molecule has 0 unspecified atom stereocenters. The fraction of sp³-hybridized carbons (Fsp3) is 0.312. The molecule has 1 aliphatic rings. The van der Waals surface area contributed by atoms with Crippen molar-refractivity contribution in [1.82, 2.24) is 5.32 Å². The van der Waals surface area contributed by atoms with Gasteiger partial charge in [0.25, 0.3) is 0 Å². The van der Waals surface area contributed by atoms with Crippen molar-refractivity contribution >= 4 is 16.7 Å². The van der Waals surface area contributed by atoms with Crippen molar-refractivity contribution in [3.63, 3.8) is 0 Å². The van der Waals surface area contributed by atoms with E-state index in [0.29, 0.717) is 6.54 Å². The van der Waals surface area contributed by atoms with Gasteiger partial charge in [0.05, 0.1) is 5.54 Å². The fourth-order valence-corrected chi connectivity index (χ4v) is 2.58. The first-order chi connectivity index (χ1) is 9.19. The van der Waals surface area contributed by atoms with Crippen LogP contribution in [0.4, 0.5) is 0 Å². The third kappa shape index (κ3) is 2.22. The predicted octanol–water partition coefficient (Wildman–Crippen LogP) is 2.34. The molecule has 3 rings (SSSR count). The average molecular weight is 254 g/mol. The maximum absolute atomic E-state index is 12.0. The number of fused-ring (bicyclic) bond motifs is 1. The van der Waals surface area contributed by atoms with Crippen LogP contribution < -0.4 is 11.1 Å². The summed E-state index contributed by atoms with van der Waals surface area (Å²) in [6.07, 6.45) is 2.65. The van der Waals surface area contributed by atoms with E-state index in [0.717, 1.165) is 24.8 Å². The molecule has 1 aliphatic carbocycles. The van der Waals surface area contributed by atoms with E-state index >= 15 is 0 Å². The highest BCUT2D eigenvalue weighted by atomic mass is 16.2. The second-order valence-corrected chi connectivity index (χ2v) is 5.33. The largest absolute Gasteiger partial charge is 0.350 e. The SMILES string of the molecule is NC1(C(=O)NCc2cccc3ccccc23)CCC1. The first kappa shape index (κ1) is 12.2. The van der Waals surface area contributed by atoms with Crippen LogP contribution in [0.5, 0.6) is 0 Å². The molecule has 3 N–H and O–H groups in total. The van der Waals surface area contributed by atoms with Crippen molar-refractivity contribution < 1.29 is 4.79 Å². The topological polar surface area (TPSA) is 55.1 Å². The van der Waals surface area contributed by atoms with Gasteiger partial charge in [-0.15, -0.1) is 0 Å². The van der Waals surface area contributed by atoms with Gasteiger partial charge in [0.15, 0.2) is 0 Å². The Hall–Kier alpha value is -1.87. The number of rotatable bonds is 3. The van der Waals surface area contributed by atoms with E-state index in [4.69, 9.17) is 5.73 Å². The summed E-state index contributed by atoms with van der Waals surface area (Å²) in [6.45, 7) is 0.541. The molecular formula is C16H18N2O. The van der Waals surface area contributed by atoms with Crippen molar-refractivity contribution in [2.45, 2.75) is 31.3 Å². The van der Waals surface area contributed by atoms with Gasteiger partial charge in [-0.3, -0.25) is 4.79 Å². The maximum Gasteiger partial charge on any atom is 0.240 e. The van der Waals surface area contributed by atoms with E-state index in [-0.39, 0.29) is 5.91 Å². The number of nitrogens with one attached hydrogen (secondary N) is 1. The molecule has 1 fully saturated rings. The molecular weight excluding hydrogens is 236 g/mol.